The van der Waals surface area contributed by atoms with E-state index in [0.29, 0.717) is 18.2 Å². The van der Waals surface area contributed by atoms with E-state index >= 15 is 0 Å². The van der Waals surface area contributed by atoms with Gasteiger partial charge >= 0.3 is 5.82 Å². The van der Waals surface area contributed by atoms with Crippen LogP contribution in [-0.4, -0.2) is 24.9 Å². The van der Waals surface area contributed by atoms with E-state index in [2.05, 4.69) is 15.3 Å². The van der Waals surface area contributed by atoms with Crippen molar-refractivity contribution in [2.45, 2.75) is 19.9 Å². The summed E-state index contributed by atoms with van der Waals surface area (Å²) in [5.74, 6) is 0.450. The lowest BCUT2D eigenvalue weighted by Crippen LogP contribution is -2.01. The fourth-order valence-electron chi connectivity index (χ4n) is 1.23. The van der Waals surface area contributed by atoms with Crippen LogP contribution in [-0.2, 0) is 13.0 Å². The normalized spacial score (nSPS) is 10.7. The van der Waals surface area contributed by atoms with E-state index in [1.807, 2.05) is 6.92 Å². The van der Waals surface area contributed by atoms with Crippen LogP contribution in [0.3, 0.4) is 0 Å². The van der Waals surface area contributed by atoms with Crippen molar-refractivity contribution in [1.29, 1.82) is 0 Å². The van der Waals surface area contributed by atoms with Crippen molar-refractivity contribution in [2.75, 3.05) is 0 Å². The Kier molecular flexibility index (Phi) is 3.05. The van der Waals surface area contributed by atoms with Crippen LogP contribution >= 0.6 is 11.6 Å². The molecule has 0 N–H and O–H groups in total. The highest BCUT2D eigenvalue weighted by molar-refractivity contribution is 6.32. The third-order valence-electron chi connectivity index (χ3n) is 1.98. The van der Waals surface area contributed by atoms with Gasteiger partial charge < -0.3 is 14.5 Å². The van der Waals surface area contributed by atoms with E-state index in [4.69, 9.17) is 16.0 Å². The lowest BCUT2D eigenvalue weighted by molar-refractivity contribution is -0.389. The van der Waals surface area contributed by atoms with Gasteiger partial charge in [-0.15, -0.1) is 10.2 Å². The molecule has 0 radical (unpaired) electrons. The third-order valence-corrected chi connectivity index (χ3v) is 2.25. The van der Waals surface area contributed by atoms with Gasteiger partial charge in [-0.1, -0.05) is 18.5 Å². The highest BCUT2D eigenvalue weighted by Crippen LogP contribution is 2.21. The van der Waals surface area contributed by atoms with Crippen LogP contribution in [0.1, 0.15) is 18.7 Å². The molecule has 0 bridgehead atoms. The number of aromatic nitrogens is 4. The summed E-state index contributed by atoms with van der Waals surface area (Å²) in [6, 6.07) is 0. The van der Waals surface area contributed by atoms with Crippen LogP contribution in [0.5, 0.6) is 0 Å². The molecule has 0 fully saturated rings. The number of hydrogen-bond donors (Lipinski definition) is 0. The number of halogens is 1. The summed E-state index contributed by atoms with van der Waals surface area (Å²) in [4.78, 5) is 9.88. The second-order valence-electron chi connectivity index (χ2n) is 3.20. The predicted molar refractivity (Wildman–Crippen MR) is 56.7 cm³/mol. The minimum Gasteiger partial charge on any atom is -0.423 e. The van der Waals surface area contributed by atoms with Crippen LogP contribution in [0.4, 0.5) is 5.82 Å². The zero-order chi connectivity index (χ0) is 12.4. The van der Waals surface area contributed by atoms with Crippen molar-refractivity contribution in [3.05, 3.63) is 33.1 Å². The Hall–Kier alpha value is -1.96. The van der Waals surface area contributed by atoms with Gasteiger partial charge in [0.1, 0.15) is 6.54 Å². The summed E-state index contributed by atoms with van der Waals surface area (Å²) >= 11 is 5.65. The molecule has 0 unspecified atom stereocenters. The maximum Gasteiger partial charge on any atom is 0.408 e. The quantitative estimate of drug-likeness (QED) is 0.607. The van der Waals surface area contributed by atoms with Gasteiger partial charge in [0.25, 0.3) is 0 Å². The van der Waals surface area contributed by atoms with Gasteiger partial charge in [-0.25, -0.2) is 0 Å². The molecule has 2 aromatic rings. The van der Waals surface area contributed by atoms with Crippen LogP contribution in [0, 0.1) is 10.1 Å². The Bertz CT molecular complexity index is 549. The molecule has 2 rings (SSSR count). The van der Waals surface area contributed by atoms with Crippen LogP contribution in [0.2, 0.25) is 5.02 Å². The number of aryl methyl sites for hydroxylation is 1. The van der Waals surface area contributed by atoms with Crippen molar-refractivity contribution < 1.29 is 9.34 Å². The van der Waals surface area contributed by atoms with E-state index < -0.39 is 4.92 Å². The molecule has 17 heavy (non-hydrogen) atoms. The minimum absolute atomic E-state index is 0.0229. The summed E-state index contributed by atoms with van der Waals surface area (Å²) in [5, 5.41) is 21.8. The highest BCUT2D eigenvalue weighted by atomic mass is 35.5. The maximum absolute atomic E-state index is 10.5. The number of nitro groups is 1. The van der Waals surface area contributed by atoms with E-state index in [1.54, 1.807) is 0 Å². The van der Waals surface area contributed by atoms with Gasteiger partial charge in [0, 0.05) is 6.42 Å². The largest absolute Gasteiger partial charge is 0.423 e. The van der Waals surface area contributed by atoms with Crippen molar-refractivity contribution in [3.8, 4) is 0 Å². The zero-order valence-corrected chi connectivity index (χ0v) is 9.59. The number of hydrogen-bond acceptors (Lipinski definition) is 6. The molecule has 0 saturated heterocycles. The first-order valence-electron chi connectivity index (χ1n) is 4.78. The SMILES string of the molecule is CCc1nnc(Cn2cc(Cl)c([N+](=O)[O-])n2)o1. The lowest BCUT2D eigenvalue weighted by Gasteiger charge is -1.89. The lowest BCUT2D eigenvalue weighted by atomic mass is 10.5. The van der Waals surface area contributed by atoms with E-state index in [0.717, 1.165) is 0 Å². The second-order valence-corrected chi connectivity index (χ2v) is 3.61. The minimum atomic E-state index is -0.649. The van der Waals surface area contributed by atoms with E-state index in [-0.39, 0.29) is 17.4 Å². The van der Waals surface area contributed by atoms with Gasteiger partial charge in [-0.05, 0) is 4.92 Å². The highest BCUT2D eigenvalue weighted by Gasteiger charge is 2.20. The fourth-order valence-corrected chi connectivity index (χ4v) is 1.44. The van der Waals surface area contributed by atoms with Crippen molar-refractivity contribution in [2.24, 2.45) is 0 Å². The smallest absolute Gasteiger partial charge is 0.408 e. The summed E-state index contributed by atoms with van der Waals surface area (Å²) < 4.78 is 6.54. The van der Waals surface area contributed by atoms with Crippen LogP contribution < -0.4 is 0 Å². The zero-order valence-electron chi connectivity index (χ0n) is 8.83. The Morgan fingerprint density at radius 3 is 2.76 bits per heavy atom. The Morgan fingerprint density at radius 2 is 2.24 bits per heavy atom. The molecule has 0 spiro atoms. The third kappa shape index (κ3) is 2.41. The van der Waals surface area contributed by atoms with Gasteiger partial charge in [0.05, 0.1) is 11.3 Å². The molecule has 0 amide bonds. The van der Waals surface area contributed by atoms with Gasteiger partial charge in [0.2, 0.25) is 11.8 Å². The molecule has 2 heterocycles. The molecule has 0 saturated carbocycles. The molecule has 0 atom stereocenters. The van der Waals surface area contributed by atoms with Gasteiger partial charge in [-0.3, -0.25) is 0 Å². The second kappa shape index (κ2) is 4.50. The molecule has 0 aliphatic rings. The number of nitrogens with zero attached hydrogens (tertiary/aromatic N) is 5. The molecular formula is C8H8ClN5O3. The fraction of sp³-hybridized carbons (Fsp3) is 0.375. The molecule has 0 aromatic carbocycles. The topological polar surface area (TPSA) is 99.9 Å². The van der Waals surface area contributed by atoms with E-state index in [1.165, 1.54) is 10.9 Å². The summed E-state index contributed by atoms with van der Waals surface area (Å²) in [6.07, 6.45) is 1.97. The Morgan fingerprint density at radius 1 is 1.53 bits per heavy atom. The molecular weight excluding hydrogens is 250 g/mol. The van der Waals surface area contributed by atoms with Crippen molar-refractivity contribution in [3.63, 3.8) is 0 Å². The molecule has 0 aliphatic heterocycles. The van der Waals surface area contributed by atoms with Crippen LogP contribution in [0.15, 0.2) is 10.6 Å². The maximum atomic E-state index is 10.5. The Labute approximate surface area is 100 Å². The number of rotatable bonds is 4. The van der Waals surface area contributed by atoms with Crippen molar-refractivity contribution in [1.82, 2.24) is 20.0 Å². The standard InChI is InChI=1S/C8H8ClN5O3/c1-2-6-10-11-7(17-6)4-13-3-5(9)8(12-13)14(15)16/h3H,2,4H2,1H3. The first-order chi connectivity index (χ1) is 8.10. The predicted octanol–water partition coefficient (Wildman–Crippen LogP) is 1.44. The first-order valence-corrected chi connectivity index (χ1v) is 5.16. The molecule has 8 nitrogen and oxygen atoms in total. The molecule has 0 aliphatic carbocycles. The first kappa shape index (κ1) is 11.5. The summed E-state index contributed by atoms with van der Waals surface area (Å²) in [6.45, 7) is 2.04. The van der Waals surface area contributed by atoms with Gasteiger partial charge in [-0.2, -0.15) is 4.68 Å². The Balaban J connectivity index is 2.18. The molecule has 2 aromatic heterocycles. The van der Waals surface area contributed by atoms with Gasteiger partial charge in [0.15, 0.2) is 5.02 Å². The summed E-state index contributed by atoms with van der Waals surface area (Å²) in [7, 11) is 0. The van der Waals surface area contributed by atoms with E-state index in [9.17, 15) is 10.1 Å². The van der Waals surface area contributed by atoms with Crippen molar-refractivity contribution >= 4 is 17.4 Å². The molecule has 90 valence electrons. The average Bonchev–Trinajstić information content (AvgIpc) is 2.85. The average molecular weight is 258 g/mol. The summed E-state index contributed by atoms with van der Waals surface area (Å²) in [5.41, 5.74) is 0. The monoisotopic (exact) mass is 257 g/mol. The molecule has 9 heteroatoms. The van der Waals surface area contributed by atoms with Crippen LogP contribution in [0.25, 0.3) is 0 Å².